The van der Waals surface area contributed by atoms with Crippen LogP contribution in [0, 0.1) is 15.4 Å². The van der Waals surface area contributed by atoms with E-state index < -0.39 is 0 Å². The molecule has 2 aliphatic carbocycles. The first-order valence-electron chi connectivity index (χ1n) is 6.94. The maximum atomic E-state index is 6.29. The Kier molecular flexibility index (Phi) is 4.04. The molecule has 2 aliphatic rings. The van der Waals surface area contributed by atoms with Crippen LogP contribution in [0.4, 0.5) is 5.69 Å². The second kappa shape index (κ2) is 5.58. The van der Waals surface area contributed by atoms with Gasteiger partial charge in [-0.3, -0.25) is 0 Å². The Labute approximate surface area is 128 Å². The van der Waals surface area contributed by atoms with Gasteiger partial charge >= 0.3 is 0 Å². The Morgan fingerprint density at radius 3 is 2.67 bits per heavy atom. The molecule has 2 saturated carbocycles. The fourth-order valence-electron chi connectivity index (χ4n) is 3.18. The van der Waals surface area contributed by atoms with Crippen LogP contribution in [0.3, 0.4) is 0 Å². The van der Waals surface area contributed by atoms with Crippen LogP contribution < -0.4 is 5.32 Å². The summed E-state index contributed by atoms with van der Waals surface area (Å²) in [6, 6.07) is 6.90. The van der Waals surface area contributed by atoms with Crippen molar-refractivity contribution in [3.8, 4) is 0 Å². The third-order valence-corrected chi connectivity index (χ3v) is 5.28. The molecule has 0 spiro atoms. The standard InChI is InChI=1S/C15H19ClIN/c16-14-9-12(17)6-7-15(14)18-13-3-1-2-11(8-13)10-4-5-10/h6-7,9-11,13,18H,1-5,8H2. The Hall–Kier alpha value is 0.0400. The van der Waals surface area contributed by atoms with E-state index in [9.17, 15) is 0 Å². The highest BCUT2D eigenvalue weighted by atomic mass is 127. The lowest BCUT2D eigenvalue weighted by Crippen LogP contribution is -2.28. The lowest BCUT2D eigenvalue weighted by Gasteiger charge is -2.30. The van der Waals surface area contributed by atoms with Crippen LogP contribution in [0.25, 0.3) is 0 Å². The van der Waals surface area contributed by atoms with Crippen molar-refractivity contribution >= 4 is 39.9 Å². The van der Waals surface area contributed by atoms with Crippen molar-refractivity contribution in [2.24, 2.45) is 11.8 Å². The lowest BCUT2D eigenvalue weighted by molar-refractivity contribution is 0.303. The molecule has 0 amide bonds. The number of halogens is 2. The van der Waals surface area contributed by atoms with Crippen LogP contribution in [0.1, 0.15) is 38.5 Å². The zero-order valence-corrected chi connectivity index (χ0v) is 13.4. The van der Waals surface area contributed by atoms with Crippen LogP contribution in [-0.2, 0) is 0 Å². The van der Waals surface area contributed by atoms with E-state index in [-0.39, 0.29) is 0 Å². The topological polar surface area (TPSA) is 12.0 Å². The zero-order chi connectivity index (χ0) is 12.5. The molecule has 2 fully saturated rings. The molecule has 18 heavy (non-hydrogen) atoms. The SMILES string of the molecule is Clc1cc(I)ccc1NC1CCCC(C2CC2)C1. The molecule has 1 N–H and O–H groups in total. The average Bonchev–Trinajstić information content (AvgIpc) is 3.17. The van der Waals surface area contributed by atoms with E-state index in [2.05, 4.69) is 40.0 Å². The van der Waals surface area contributed by atoms with Gasteiger partial charge in [0.15, 0.2) is 0 Å². The summed E-state index contributed by atoms with van der Waals surface area (Å²) in [6.07, 6.45) is 8.41. The van der Waals surface area contributed by atoms with Gasteiger partial charge in [0.1, 0.15) is 0 Å². The minimum Gasteiger partial charge on any atom is -0.381 e. The van der Waals surface area contributed by atoms with E-state index in [1.54, 1.807) is 0 Å². The molecule has 1 aromatic rings. The highest BCUT2D eigenvalue weighted by Gasteiger charge is 2.34. The van der Waals surface area contributed by atoms with Gasteiger partial charge in [0, 0.05) is 9.61 Å². The number of hydrogen-bond acceptors (Lipinski definition) is 1. The van der Waals surface area contributed by atoms with E-state index >= 15 is 0 Å². The predicted molar refractivity (Wildman–Crippen MR) is 86.3 cm³/mol. The minimum absolute atomic E-state index is 0.627. The van der Waals surface area contributed by atoms with Gasteiger partial charge in [-0.05, 0) is 78.3 Å². The molecule has 3 rings (SSSR count). The molecule has 0 saturated heterocycles. The maximum Gasteiger partial charge on any atom is 0.0648 e. The van der Waals surface area contributed by atoms with Crippen molar-refractivity contribution in [3.63, 3.8) is 0 Å². The van der Waals surface area contributed by atoms with E-state index in [0.717, 1.165) is 22.5 Å². The van der Waals surface area contributed by atoms with Crippen molar-refractivity contribution in [2.75, 3.05) is 5.32 Å². The number of rotatable bonds is 3. The highest BCUT2D eigenvalue weighted by molar-refractivity contribution is 14.1. The van der Waals surface area contributed by atoms with E-state index in [4.69, 9.17) is 11.6 Å². The third-order valence-electron chi connectivity index (χ3n) is 4.29. The molecular formula is C15H19ClIN. The summed E-state index contributed by atoms with van der Waals surface area (Å²) in [6.45, 7) is 0. The number of nitrogens with one attached hydrogen (secondary N) is 1. The van der Waals surface area contributed by atoms with Gasteiger partial charge in [-0.15, -0.1) is 0 Å². The number of benzene rings is 1. The molecule has 0 radical (unpaired) electrons. The van der Waals surface area contributed by atoms with Gasteiger partial charge < -0.3 is 5.32 Å². The molecule has 1 aromatic carbocycles. The fourth-order valence-corrected chi connectivity index (χ4v) is 4.09. The van der Waals surface area contributed by atoms with Crippen LogP contribution in [-0.4, -0.2) is 6.04 Å². The first kappa shape index (κ1) is 13.0. The van der Waals surface area contributed by atoms with Gasteiger partial charge in [-0.2, -0.15) is 0 Å². The first-order valence-corrected chi connectivity index (χ1v) is 8.39. The average molecular weight is 376 g/mol. The quantitative estimate of drug-likeness (QED) is 0.705. The normalized spacial score (nSPS) is 28.1. The molecule has 1 nitrogen and oxygen atoms in total. The Balaban J connectivity index is 1.64. The number of hydrogen-bond donors (Lipinski definition) is 1. The number of anilines is 1. The monoisotopic (exact) mass is 375 g/mol. The van der Waals surface area contributed by atoms with E-state index in [1.807, 2.05) is 6.07 Å². The van der Waals surface area contributed by atoms with Gasteiger partial charge in [0.05, 0.1) is 10.7 Å². The molecule has 2 atom stereocenters. The molecule has 3 heteroatoms. The van der Waals surface area contributed by atoms with Gasteiger partial charge in [-0.1, -0.05) is 24.4 Å². The van der Waals surface area contributed by atoms with Crippen molar-refractivity contribution in [1.82, 2.24) is 0 Å². The summed E-state index contributed by atoms with van der Waals surface area (Å²) >= 11 is 8.59. The summed E-state index contributed by atoms with van der Waals surface area (Å²) in [5.74, 6) is 2.01. The molecule has 98 valence electrons. The molecule has 0 aromatic heterocycles. The first-order chi connectivity index (χ1) is 8.72. The highest BCUT2D eigenvalue weighted by Crippen LogP contribution is 2.44. The molecule has 0 aliphatic heterocycles. The maximum absolute atomic E-state index is 6.29. The van der Waals surface area contributed by atoms with Crippen molar-refractivity contribution in [1.29, 1.82) is 0 Å². The van der Waals surface area contributed by atoms with Gasteiger partial charge in [-0.25, -0.2) is 0 Å². The van der Waals surface area contributed by atoms with Crippen LogP contribution >= 0.6 is 34.2 Å². The molecular weight excluding hydrogens is 357 g/mol. The van der Waals surface area contributed by atoms with Crippen LogP contribution in [0.2, 0.25) is 5.02 Å². The van der Waals surface area contributed by atoms with Gasteiger partial charge in [0.2, 0.25) is 0 Å². The molecule has 0 heterocycles. The van der Waals surface area contributed by atoms with Gasteiger partial charge in [0.25, 0.3) is 0 Å². The summed E-state index contributed by atoms with van der Waals surface area (Å²) in [4.78, 5) is 0. The van der Waals surface area contributed by atoms with Crippen LogP contribution in [0.15, 0.2) is 18.2 Å². The largest absolute Gasteiger partial charge is 0.381 e. The predicted octanol–water partition coefficient (Wildman–Crippen LogP) is 5.33. The smallest absolute Gasteiger partial charge is 0.0648 e. The van der Waals surface area contributed by atoms with Crippen molar-refractivity contribution < 1.29 is 0 Å². The zero-order valence-electron chi connectivity index (χ0n) is 10.5. The van der Waals surface area contributed by atoms with Crippen molar-refractivity contribution in [3.05, 3.63) is 26.8 Å². The second-order valence-corrected chi connectivity index (χ2v) is 7.38. The summed E-state index contributed by atoms with van der Waals surface area (Å²) < 4.78 is 1.20. The second-order valence-electron chi connectivity index (χ2n) is 5.73. The third kappa shape index (κ3) is 3.13. The summed E-state index contributed by atoms with van der Waals surface area (Å²) in [5.41, 5.74) is 1.11. The molecule has 2 unspecified atom stereocenters. The summed E-state index contributed by atoms with van der Waals surface area (Å²) in [5, 5.41) is 4.51. The fraction of sp³-hybridized carbons (Fsp3) is 0.600. The van der Waals surface area contributed by atoms with E-state index in [0.29, 0.717) is 6.04 Å². The van der Waals surface area contributed by atoms with E-state index in [1.165, 1.54) is 42.1 Å². The van der Waals surface area contributed by atoms with Crippen LogP contribution in [0.5, 0.6) is 0 Å². The lowest BCUT2D eigenvalue weighted by atomic mass is 9.82. The Morgan fingerprint density at radius 1 is 1.11 bits per heavy atom. The minimum atomic E-state index is 0.627. The Morgan fingerprint density at radius 2 is 1.94 bits per heavy atom. The van der Waals surface area contributed by atoms with Crippen molar-refractivity contribution in [2.45, 2.75) is 44.6 Å². The molecule has 0 bridgehead atoms. The Bertz CT molecular complexity index is 431. The summed E-state index contributed by atoms with van der Waals surface area (Å²) in [7, 11) is 0.